The molecule has 1 aromatic rings. The molecule has 0 N–H and O–H groups in total. The van der Waals surface area contributed by atoms with Gasteiger partial charge in [-0.25, -0.2) is 0 Å². The van der Waals surface area contributed by atoms with Gasteiger partial charge in [0.2, 0.25) is 0 Å². The molecule has 0 amide bonds. The summed E-state index contributed by atoms with van der Waals surface area (Å²) in [7, 11) is 0. The van der Waals surface area contributed by atoms with Crippen molar-refractivity contribution < 1.29 is 9.66 Å². The van der Waals surface area contributed by atoms with Gasteiger partial charge in [-0.2, -0.15) is 5.26 Å². The lowest BCUT2D eigenvalue weighted by Gasteiger charge is -2.31. The number of rotatable bonds is 2. The minimum absolute atomic E-state index is 0.127. The first-order chi connectivity index (χ1) is 9.02. The number of halogens is 2. The summed E-state index contributed by atoms with van der Waals surface area (Å²) in [4.78, 5) is 12.2. The lowest BCUT2D eigenvalue weighted by molar-refractivity contribution is -0.384. The highest BCUT2D eigenvalue weighted by molar-refractivity contribution is 6.42. The van der Waals surface area contributed by atoms with E-state index in [1.807, 2.05) is 6.07 Å². The highest BCUT2D eigenvalue weighted by Crippen LogP contribution is 2.36. The topological polar surface area (TPSA) is 79.4 Å². The van der Waals surface area contributed by atoms with Crippen molar-refractivity contribution in [3.05, 3.63) is 32.3 Å². The molecule has 0 aliphatic carbocycles. The summed E-state index contributed by atoms with van der Waals surface area (Å²) < 4.78 is 5.20. The summed E-state index contributed by atoms with van der Waals surface area (Å²) in [6.07, 6.45) is -0.609. The minimum Gasteiger partial charge on any atom is -0.360 e. The van der Waals surface area contributed by atoms with Crippen molar-refractivity contribution in [3.63, 3.8) is 0 Å². The Bertz CT molecular complexity index is 559. The van der Waals surface area contributed by atoms with Gasteiger partial charge in [0.05, 0.1) is 34.2 Å². The summed E-state index contributed by atoms with van der Waals surface area (Å²) >= 11 is 11.7. The first-order valence-corrected chi connectivity index (χ1v) is 6.18. The van der Waals surface area contributed by atoms with Crippen LogP contribution in [-0.4, -0.2) is 30.7 Å². The lowest BCUT2D eigenvalue weighted by atomic mass is 10.2. The van der Waals surface area contributed by atoms with E-state index in [0.717, 1.165) is 0 Å². The second-order valence-corrected chi connectivity index (χ2v) is 4.76. The lowest BCUT2D eigenvalue weighted by Crippen LogP contribution is -2.42. The normalized spacial score (nSPS) is 19.0. The molecule has 1 heterocycles. The molecule has 0 spiro atoms. The van der Waals surface area contributed by atoms with Crippen LogP contribution in [0, 0.1) is 21.4 Å². The molecular weight excluding hydrogens is 293 g/mol. The molecule has 19 heavy (non-hydrogen) atoms. The van der Waals surface area contributed by atoms with E-state index in [2.05, 4.69) is 0 Å². The molecule has 1 aliphatic rings. The molecule has 1 atom stereocenters. The predicted octanol–water partition coefficient (Wildman–Crippen LogP) is 2.63. The summed E-state index contributed by atoms with van der Waals surface area (Å²) in [5.41, 5.74) is 0.218. The molecule has 0 bridgehead atoms. The molecule has 1 unspecified atom stereocenters. The number of nitro benzene ring substituents is 1. The fourth-order valence-electron chi connectivity index (χ4n) is 1.87. The number of nitro groups is 1. The van der Waals surface area contributed by atoms with Crippen LogP contribution in [0.1, 0.15) is 0 Å². The van der Waals surface area contributed by atoms with Gasteiger partial charge in [0.1, 0.15) is 5.69 Å². The second-order valence-electron chi connectivity index (χ2n) is 3.95. The van der Waals surface area contributed by atoms with Crippen LogP contribution < -0.4 is 4.90 Å². The van der Waals surface area contributed by atoms with E-state index in [9.17, 15) is 10.1 Å². The van der Waals surface area contributed by atoms with Crippen LogP contribution in [0.2, 0.25) is 10.0 Å². The van der Waals surface area contributed by atoms with Gasteiger partial charge in [0.15, 0.2) is 6.10 Å². The monoisotopic (exact) mass is 301 g/mol. The molecule has 100 valence electrons. The van der Waals surface area contributed by atoms with E-state index < -0.39 is 11.0 Å². The van der Waals surface area contributed by atoms with E-state index >= 15 is 0 Å². The standard InChI is InChI=1S/C11H9Cl2N3O3/c12-8-3-10(11(16(17)18)4-9(8)13)15-1-2-19-7(5-14)6-15/h3-4,7H,1-2,6H2. The van der Waals surface area contributed by atoms with E-state index in [0.29, 0.717) is 18.8 Å². The molecule has 0 aromatic heterocycles. The fraction of sp³-hybridized carbons (Fsp3) is 0.364. The third-order valence-electron chi connectivity index (χ3n) is 2.77. The molecule has 1 aliphatic heterocycles. The average Bonchev–Trinajstić information content (AvgIpc) is 2.41. The SMILES string of the molecule is N#CC1CN(c2cc(Cl)c(Cl)cc2[N+](=O)[O-])CCO1. The van der Waals surface area contributed by atoms with Crippen molar-refractivity contribution in [2.75, 3.05) is 24.6 Å². The van der Waals surface area contributed by atoms with Crippen molar-refractivity contribution in [1.82, 2.24) is 0 Å². The van der Waals surface area contributed by atoms with Crippen molar-refractivity contribution in [3.8, 4) is 6.07 Å². The Balaban J connectivity index is 2.40. The van der Waals surface area contributed by atoms with Crippen LogP contribution in [0.15, 0.2) is 12.1 Å². The zero-order valence-corrected chi connectivity index (χ0v) is 11.2. The number of ether oxygens (including phenoxy) is 1. The number of anilines is 1. The number of nitrogens with zero attached hydrogens (tertiary/aromatic N) is 3. The molecule has 1 fully saturated rings. The van der Waals surface area contributed by atoms with Crippen molar-refractivity contribution in [2.45, 2.75) is 6.10 Å². The number of hydrogen-bond acceptors (Lipinski definition) is 5. The van der Waals surface area contributed by atoms with Gasteiger partial charge in [0.25, 0.3) is 5.69 Å². The highest BCUT2D eigenvalue weighted by Gasteiger charge is 2.27. The number of hydrogen-bond donors (Lipinski definition) is 0. The molecule has 8 heteroatoms. The second kappa shape index (κ2) is 5.61. The zero-order chi connectivity index (χ0) is 14.0. The van der Waals surface area contributed by atoms with Gasteiger partial charge in [0, 0.05) is 12.6 Å². The van der Waals surface area contributed by atoms with Gasteiger partial charge >= 0.3 is 0 Å². The van der Waals surface area contributed by atoms with Gasteiger partial charge in [-0.15, -0.1) is 0 Å². The zero-order valence-electron chi connectivity index (χ0n) is 9.68. The van der Waals surface area contributed by atoms with Gasteiger partial charge in [-0.1, -0.05) is 23.2 Å². The maximum absolute atomic E-state index is 11.1. The maximum atomic E-state index is 11.1. The first kappa shape index (κ1) is 13.9. The van der Waals surface area contributed by atoms with Crippen molar-refractivity contribution >= 4 is 34.6 Å². The Kier molecular flexibility index (Phi) is 4.10. The van der Waals surface area contributed by atoms with E-state index in [1.54, 1.807) is 4.90 Å². The predicted molar refractivity (Wildman–Crippen MR) is 70.7 cm³/mol. The van der Waals surface area contributed by atoms with Crippen LogP contribution in [0.4, 0.5) is 11.4 Å². The van der Waals surface area contributed by atoms with E-state index in [-0.39, 0.29) is 22.3 Å². The number of nitriles is 1. The van der Waals surface area contributed by atoms with Crippen molar-refractivity contribution in [1.29, 1.82) is 5.26 Å². The van der Waals surface area contributed by atoms with E-state index in [1.165, 1.54) is 12.1 Å². The van der Waals surface area contributed by atoms with Crippen LogP contribution in [0.25, 0.3) is 0 Å². The average molecular weight is 302 g/mol. The first-order valence-electron chi connectivity index (χ1n) is 5.42. The molecule has 2 rings (SSSR count). The Morgan fingerprint density at radius 2 is 2.16 bits per heavy atom. The Morgan fingerprint density at radius 1 is 1.47 bits per heavy atom. The summed E-state index contributed by atoms with van der Waals surface area (Å²) in [5, 5.41) is 20.3. The van der Waals surface area contributed by atoms with Crippen molar-refractivity contribution in [2.24, 2.45) is 0 Å². The van der Waals surface area contributed by atoms with Crippen LogP contribution in [-0.2, 0) is 4.74 Å². The van der Waals surface area contributed by atoms with Crippen LogP contribution >= 0.6 is 23.2 Å². The van der Waals surface area contributed by atoms with Gasteiger partial charge in [-0.3, -0.25) is 10.1 Å². The quantitative estimate of drug-likeness (QED) is 0.619. The summed E-state index contributed by atoms with van der Waals surface area (Å²) in [5.74, 6) is 0. The number of morpholine rings is 1. The molecule has 0 saturated carbocycles. The fourth-order valence-corrected chi connectivity index (χ4v) is 2.19. The van der Waals surface area contributed by atoms with Crippen LogP contribution in [0.3, 0.4) is 0 Å². The van der Waals surface area contributed by atoms with Gasteiger partial charge < -0.3 is 9.64 Å². The summed E-state index contributed by atoms with van der Waals surface area (Å²) in [6.45, 7) is 1.04. The molecule has 6 nitrogen and oxygen atoms in total. The van der Waals surface area contributed by atoms with Crippen LogP contribution in [0.5, 0.6) is 0 Å². The molecule has 1 aromatic carbocycles. The minimum atomic E-state index is -0.609. The third kappa shape index (κ3) is 2.89. The maximum Gasteiger partial charge on any atom is 0.294 e. The summed E-state index contributed by atoms with van der Waals surface area (Å²) in [6, 6.07) is 4.65. The van der Waals surface area contributed by atoms with Gasteiger partial charge in [-0.05, 0) is 6.07 Å². The molecule has 1 saturated heterocycles. The Morgan fingerprint density at radius 3 is 2.79 bits per heavy atom. The molecular formula is C11H9Cl2N3O3. The smallest absolute Gasteiger partial charge is 0.294 e. The Hall–Kier alpha value is -1.55. The largest absolute Gasteiger partial charge is 0.360 e. The molecule has 0 radical (unpaired) electrons. The highest BCUT2D eigenvalue weighted by atomic mass is 35.5. The third-order valence-corrected chi connectivity index (χ3v) is 3.49. The number of benzene rings is 1. The van der Waals surface area contributed by atoms with E-state index in [4.69, 9.17) is 33.2 Å². The Labute approximate surface area is 119 Å².